The van der Waals surface area contributed by atoms with Crippen LogP contribution in [0.1, 0.15) is 48.2 Å². The highest BCUT2D eigenvalue weighted by Crippen LogP contribution is 2.41. The summed E-state index contributed by atoms with van der Waals surface area (Å²) in [6.07, 6.45) is 6.93. The van der Waals surface area contributed by atoms with Crippen LogP contribution in [0, 0.1) is 5.92 Å². The Balaban J connectivity index is 1.84. The van der Waals surface area contributed by atoms with E-state index in [1.807, 2.05) is 0 Å². The third-order valence-corrected chi connectivity index (χ3v) is 5.17. The van der Waals surface area contributed by atoms with Crippen LogP contribution < -0.4 is 0 Å². The summed E-state index contributed by atoms with van der Waals surface area (Å²) in [6.45, 7) is 0.429. The van der Waals surface area contributed by atoms with Crippen LogP contribution >= 0.6 is 0 Å². The van der Waals surface area contributed by atoms with E-state index >= 15 is 0 Å². The van der Waals surface area contributed by atoms with Crippen LogP contribution in [0.5, 0.6) is 0 Å². The van der Waals surface area contributed by atoms with Gasteiger partial charge in [0.25, 0.3) is 0 Å². The van der Waals surface area contributed by atoms with E-state index in [1.54, 1.807) is 6.07 Å². The van der Waals surface area contributed by atoms with E-state index in [9.17, 15) is 9.59 Å². The molecular weight excluding hydrogens is 298 g/mol. The number of hydrogen-bond acceptors (Lipinski definition) is 6. The number of likely N-dealkylation sites (tertiary alicyclic amines) is 1. The monoisotopic (exact) mass is 321 g/mol. The third-order valence-electron chi connectivity index (χ3n) is 5.17. The van der Waals surface area contributed by atoms with Crippen LogP contribution in [0.4, 0.5) is 0 Å². The number of methoxy groups -OCH3 is 2. The largest absolute Gasteiger partial charge is 0.468 e. The van der Waals surface area contributed by atoms with Gasteiger partial charge in [-0.2, -0.15) is 0 Å². The molecule has 2 fully saturated rings. The molecule has 1 aliphatic carbocycles. The van der Waals surface area contributed by atoms with Crippen molar-refractivity contribution in [3.63, 3.8) is 0 Å². The average Bonchev–Trinajstić information content (AvgIpc) is 3.19. The minimum Gasteiger partial charge on any atom is -0.468 e. The van der Waals surface area contributed by atoms with Gasteiger partial charge >= 0.3 is 11.9 Å². The first-order valence-electron chi connectivity index (χ1n) is 8.14. The summed E-state index contributed by atoms with van der Waals surface area (Å²) >= 11 is 0. The quantitative estimate of drug-likeness (QED) is 0.793. The Bertz CT molecular complexity index is 581. The number of hydrogen-bond donors (Lipinski definition) is 0. The minimum atomic E-state index is -0.414. The Kier molecular flexibility index (Phi) is 4.71. The van der Waals surface area contributed by atoms with Gasteiger partial charge in [0.05, 0.1) is 27.0 Å². The van der Waals surface area contributed by atoms with Gasteiger partial charge in [0.1, 0.15) is 17.4 Å². The van der Waals surface area contributed by atoms with Gasteiger partial charge in [0, 0.05) is 6.04 Å². The first-order chi connectivity index (χ1) is 11.2. The Labute approximate surface area is 135 Å². The fraction of sp³-hybridized carbons (Fsp3) is 0.647. The lowest BCUT2D eigenvalue weighted by atomic mass is 9.85. The van der Waals surface area contributed by atoms with Gasteiger partial charge in [0.2, 0.25) is 0 Å². The summed E-state index contributed by atoms with van der Waals surface area (Å²) in [6, 6.07) is 1.70. The van der Waals surface area contributed by atoms with Gasteiger partial charge in [-0.15, -0.1) is 0 Å². The van der Waals surface area contributed by atoms with Crippen LogP contribution in [-0.2, 0) is 20.8 Å². The maximum atomic E-state index is 12.2. The Hall–Kier alpha value is -1.82. The molecule has 1 saturated heterocycles. The molecule has 2 heterocycles. The number of fused-ring (bicyclic) bond motifs is 1. The predicted molar refractivity (Wildman–Crippen MR) is 81.8 cm³/mol. The molecule has 6 nitrogen and oxygen atoms in total. The van der Waals surface area contributed by atoms with Crippen molar-refractivity contribution < 1.29 is 23.5 Å². The molecule has 3 rings (SSSR count). The zero-order chi connectivity index (χ0) is 16.4. The highest BCUT2D eigenvalue weighted by molar-refractivity contribution is 5.90. The molecule has 1 aromatic rings. The summed E-state index contributed by atoms with van der Waals surface area (Å²) in [5.74, 6) is 0.453. The van der Waals surface area contributed by atoms with Crippen LogP contribution in [0.25, 0.3) is 0 Å². The molecule has 1 aromatic heterocycles. The molecule has 0 radical (unpaired) electrons. The maximum Gasteiger partial charge on any atom is 0.341 e. The zero-order valence-electron chi connectivity index (χ0n) is 13.6. The van der Waals surface area contributed by atoms with E-state index in [2.05, 4.69) is 4.90 Å². The predicted octanol–water partition coefficient (Wildman–Crippen LogP) is 2.37. The molecule has 23 heavy (non-hydrogen) atoms. The van der Waals surface area contributed by atoms with Gasteiger partial charge in [-0.1, -0.05) is 12.8 Å². The standard InChI is InChI=1S/C17H23NO5/c1-21-16(19)12-7-8-23-15(12)10-18-13-6-4-3-5-11(13)9-14(18)17(20)22-2/h7-8,11,13-14H,3-6,9-10H2,1-2H3/t11-,13-,14-/m0/s1. The molecular formula is C17H23NO5. The van der Waals surface area contributed by atoms with Crippen LogP contribution in [0.3, 0.4) is 0 Å². The van der Waals surface area contributed by atoms with Crippen molar-refractivity contribution in [2.75, 3.05) is 14.2 Å². The lowest BCUT2D eigenvalue weighted by molar-refractivity contribution is -0.146. The fourth-order valence-electron chi connectivity index (χ4n) is 4.07. The molecule has 6 heteroatoms. The van der Waals surface area contributed by atoms with E-state index in [-0.39, 0.29) is 12.0 Å². The summed E-state index contributed by atoms with van der Waals surface area (Å²) < 4.78 is 15.3. The molecule has 2 aliphatic rings. The Morgan fingerprint density at radius 1 is 1.26 bits per heavy atom. The molecule has 0 N–H and O–H groups in total. The second-order valence-electron chi connectivity index (χ2n) is 6.31. The van der Waals surface area contributed by atoms with Crippen molar-refractivity contribution in [2.45, 2.75) is 50.7 Å². The number of rotatable bonds is 4. The van der Waals surface area contributed by atoms with Gasteiger partial charge in [-0.05, 0) is 31.2 Å². The number of carbonyl (C=O) groups is 2. The fourth-order valence-corrected chi connectivity index (χ4v) is 4.07. The van der Waals surface area contributed by atoms with Crippen molar-refractivity contribution in [1.29, 1.82) is 0 Å². The van der Waals surface area contributed by atoms with Crippen LogP contribution in [0.2, 0.25) is 0 Å². The van der Waals surface area contributed by atoms with Crippen molar-refractivity contribution in [3.8, 4) is 0 Å². The van der Waals surface area contributed by atoms with Crippen molar-refractivity contribution >= 4 is 11.9 Å². The summed E-state index contributed by atoms with van der Waals surface area (Å²) in [4.78, 5) is 26.2. The SMILES string of the molecule is COC(=O)c1ccoc1CN1[C@H](C(=O)OC)C[C@@H]2CCCC[C@@H]21. The lowest BCUT2D eigenvalue weighted by Crippen LogP contribution is -2.42. The average molecular weight is 321 g/mol. The molecule has 0 aromatic carbocycles. The van der Waals surface area contributed by atoms with E-state index in [4.69, 9.17) is 13.9 Å². The number of carbonyl (C=O) groups excluding carboxylic acids is 2. The first kappa shape index (κ1) is 16.1. The summed E-state index contributed by atoms with van der Waals surface area (Å²) in [7, 11) is 2.78. The number of esters is 2. The number of furan rings is 1. The summed E-state index contributed by atoms with van der Waals surface area (Å²) in [5.41, 5.74) is 0.426. The molecule has 1 saturated carbocycles. The van der Waals surface area contributed by atoms with Crippen molar-refractivity contribution in [2.24, 2.45) is 5.92 Å². The molecule has 0 unspecified atom stereocenters. The Morgan fingerprint density at radius 3 is 2.78 bits per heavy atom. The minimum absolute atomic E-state index is 0.203. The van der Waals surface area contributed by atoms with E-state index in [0.29, 0.717) is 29.8 Å². The first-order valence-corrected chi connectivity index (χ1v) is 8.14. The van der Waals surface area contributed by atoms with E-state index in [1.165, 1.54) is 33.3 Å². The van der Waals surface area contributed by atoms with Gasteiger partial charge < -0.3 is 13.9 Å². The normalized spacial score (nSPS) is 27.5. The van der Waals surface area contributed by atoms with E-state index in [0.717, 1.165) is 19.3 Å². The van der Waals surface area contributed by atoms with Gasteiger partial charge in [-0.25, -0.2) is 4.79 Å². The van der Waals surface area contributed by atoms with Crippen molar-refractivity contribution in [1.82, 2.24) is 4.90 Å². The lowest BCUT2D eigenvalue weighted by Gasteiger charge is -2.32. The van der Waals surface area contributed by atoms with E-state index < -0.39 is 5.97 Å². The third kappa shape index (κ3) is 3.00. The molecule has 1 aliphatic heterocycles. The van der Waals surface area contributed by atoms with Crippen molar-refractivity contribution in [3.05, 3.63) is 23.7 Å². The van der Waals surface area contributed by atoms with Crippen LogP contribution in [-0.4, -0.2) is 43.1 Å². The summed E-state index contributed by atoms with van der Waals surface area (Å²) in [5, 5.41) is 0. The molecule has 0 spiro atoms. The van der Waals surface area contributed by atoms with Gasteiger partial charge in [-0.3, -0.25) is 9.69 Å². The highest BCUT2D eigenvalue weighted by atomic mass is 16.5. The number of ether oxygens (including phenoxy) is 2. The number of nitrogens with zero attached hydrogens (tertiary/aromatic N) is 1. The maximum absolute atomic E-state index is 12.2. The zero-order valence-corrected chi connectivity index (χ0v) is 13.6. The molecule has 0 amide bonds. The smallest absolute Gasteiger partial charge is 0.341 e. The second kappa shape index (κ2) is 6.74. The highest BCUT2D eigenvalue weighted by Gasteiger charge is 2.46. The topological polar surface area (TPSA) is 69.0 Å². The molecule has 0 bridgehead atoms. The Morgan fingerprint density at radius 2 is 2.04 bits per heavy atom. The van der Waals surface area contributed by atoms with Gasteiger partial charge in [0.15, 0.2) is 0 Å². The second-order valence-corrected chi connectivity index (χ2v) is 6.31. The molecule has 126 valence electrons. The molecule has 3 atom stereocenters. The van der Waals surface area contributed by atoms with Crippen LogP contribution in [0.15, 0.2) is 16.7 Å².